The van der Waals surface area contributed by atoms with Crippen LogP contribution in [-0.2, 0) is 0 Å². The quantitative estimate of drug-likeness (QED) is 0.505. The van der Waals surface area contributed by atoms with Gasteiger partial charge < -0.3 is 4.57 Å². The molecule has 1 aliphatic carbocycles. The highest BCUT2D eigenvalue weighted by molar-refractivity contribution is 5.90. The number of aromatic nitrogens is 3. The van der Waals surface area contributed by atoms with Gasteiger partial charge in [0.1, 0.15) is 0 Å². The molecule has 3 nitrogen and oxygen atoms in total. The molecule has 22 heavy (non-hydrogen) atoms. The van der Waals surface area contributed by atoms with Crippen molar-refractivity contribution in [3.8, 4) is 0 Å². The van der Waals surface area contributed by atoms with E-state index in [1.165, 1.54) is 16.6 Å². The van der Waals surface area contributed by atoms with E-state index in [0.29, 0.717) is 6.04 Å². The molecule has 0 spiro atoms. The Labute approximate surface area is 127 Å². The molecule has 4 aromatic rings. The number of allylic oxidation sites excluding steroid dienone is 4. The largest absolute Gasteiger partial charge is 0.302 e. The minimum absolute atomic E-state index is 0.323. The van der Waals surface area contributed by atoms with E-state index in [0.717, 1.165) is 17.7 Å². The number of imidazole rings is 2. The summed E-state index contributed by atoms with van der Waals surface area (Å²) in [6.07, 6.45) is 9.72. The van der Waals surface area contributed by atoms with Crippen LogP contribution < -0.4 is 0 Å². The predicted octanol–water partition coefficient (Wildman–Crippen LogP) is 4.50. The third kappa shape index (κ3) is 1.48. The van der Waals surface area contributed by atoms with Gasteiger partial charge in [0.25, 0.3) is 0 Å². The van der Waals surface area contributed by atoms with Crippen molar-refractivity contribution >= 4 is 27.8 Å². The van der Waals surface area contributed by atoms with Crippen molar-refractivity contribution in [3.63, 3.8) is 0 Å². The fourth-order valence-electron chi connectivity index (χ4n) is 3.46. The number of rotatable bonds is 1. The summed E-state index contributed by atoms with van der Waals surface area (Å²) in [6.45, 7) is 0. The second kappa shape index (κ2) is 4.34. The van der Waals surface area contributed by atoms with Crippen molar-refractivity contribution in [2.24, 2.45) is 0 Å². The number of benzene rings is 2. The highest BCUT2D eigenvalue weighted by atomic mass is 15.2. The lowest BCUT2D eigenvalue weighted by molar-refractivity contribution is 0.639. The molecule has 106 valence electrons. The highest BCUT2D eigenvalue weighted by Gasteiger charge is 2.19. The first-order valence-electron chi connectivity index (χ1n) is 7.63. The first-order chi connectivity index (χ1) is 10.9. The van der Waals surface area contributed by atoms with Gasteiger partial charge in [0.2, 0.25) is 5.78 Å². The average Bonchev–Trinajstić information content (AvgIpc) is 3.10. The Morgan fingerprint density at radius 2 is 1.64 bits per heavy atom. The van der Waals surface area contributed by atoms with Crippen LogP contribution in [0.15, 0.2) is 72.8 Å². The molecule has 2 heterocycles. The molecule has 1 unspecified atom stereocenters. The smallest absolute Gasteiger partial charge is 0.216 e. The van der Waals surface area contributed by atoms with E-state index >= 15 is 0 Å². The van der Waals surface area contributed by atoms with Crippen LogP contribution in [0.3, 0.4) is 0 Å². The Morgan fingerprint density at radius 1 is 0.864 bits per heavy atom. The van der Waals surface area contributed by atoms with Crippen molar-refractivity contribution in [3.05, 3.63) is 72.8 Å². The Morgan fingerprint density at radius 3 is 2.45 bits per heavy atom. The van der Waals surface area contributed by atoms with Gasteiger partial charge in [-0.1, -0.05) is 48.6 Å². The first-order valence-corrected chi connectivity index (χ1v) is 7.63. The molecule has 0 fully saturated rings. The maximum Gasteiger partial charge on any atom is 0.216 e. The fraction of sp³-hybridized carbons (Fsp3) is 0.105. The molecule has 0 aliphatic heterocycles. The van der Waals surface area contributed by atoms with Crippen LogP contribution in [0.2, 0.25) is 0 Å². The van der Waals surface area contributed by atoms with Gasteiger partial charge in [-0.25, -0.2) is 4.98 Å². The SMILES string of the molecule is C1=CCC(n2c3ccccc3n3c4ccccc4nc23)C=C1. The monoisotopic (exact) mass is 285 g/mol. The third-order valence-electron chi connectivity index (χ3n) is 4.43. The number of hydrogen-bond donors (Lipinski definition) is 0. The van der Waals surface area contributed by atoms with Gasteiger partial charge >= 0.3 is 0 Å². The van der Waals surface area contributed by atoms with Gasteiger partial charge in [0, 0.05) is 0 Å². The van der Waals surface area contributed by atoms with Gasteiger partial charge in [-0.05, 0) is 30.7 Å². The van der Waals surface area contributed by atoms with Crippen LogP contribution >= 0.6 is 0 Å². The van der Waals surface area contributed by atoms with Crippen molar-refractivity contribution < 1.29 is 0 Å². The number of hydrogen-bond acceptors (Lipinski definition) is 1. The predicted molar refractivity (Wildman–Crippen MR) is 90.1 cm³/mol. The molecule has 0 saturated heterocycles. The van der Waals surface area contributed by atoms with Gasteiger partial charge in [-0.2, -0.15) is 0 Å². The normalized spacial score (nSPS) is 17.9. The van der Waals surface area contributed by atoms with E-state index in [-0.39, 0.29) is 0 Å². The van der Waals surface area contributed by atoms with Crippen molar-refractivity contribution in [2.45, 2.75) is 12.5 Å². The Kier molecular flexibility index (Phi) is 2.33. The topological polar surface area (TPSA) is 22.2 Å². The summed E-state index contributed by atoms with van der Waals surface area (Å²) in [7, 11) is 0. The molecule has 0 radical (unpaired) electrons. The summed E-state index contributed by atoms with van der Waals surface area (Å²) in [4.78, 5) is 4.90. The van der Waals surface area contributed by atoms with E-state index in [4.69, 9.17) is 4.98 Å². The Bertz CT molecular complexity index is 1060. The van der Waals surface area contributed by atoms with E-state index in [9.17, 15) is 0 Å². The van der Waals surface area contributed by atoms with Gasteiger partial charge in [0.15, 0.2) is 0 Å². The van der Waals surface area contributed by atoms with Crippen molar-refractivity contribution in [1.29, 1.82) is 0 Å². The van der Waals surface area contributed by atoms with Crippen LogP contribution in [0.5, 0.6) is 0 Å². The van der Waals surface area contributed by atoms with Gasteiger partial charge in [-0.15, -0.1) is 0 Å². The molecule has 3 heteroatoms. The Balaban J connectivity index is 1.97. The van der Waals surface area contributed by atoms with Crippen molar-refractivity contribution in [2.75, 3.05) is 0 Å². The molecule has 0 saturated carbocycles. The zero-order valence-corrected chi connectivity index (χ0v) is 12.1. The number of para-hydroxylation sites is 4. The lowest BCUT2D eigenvalue weighted by Crippen LogP contribution is -2.07. The molecular formula is C19H15N3. The molecule has 2 aromatic carbocycles. The van der Waals surface area contributed by atoms with Crippen LogP contribution in [0, 0.1) is 0 Å². The second-order valence-corrected chi connectivity index (χ2v) is 5.71. The minimum Gasteiger partial charge on any atom is -0.302 e. The number of nitrogens with zero attached hydrogens (tertiary/aromatic N) is 3. The summed E-state index contributed by atoms with van der Waals surface area (Å²) >= 11 is 0. The minimum atomic E-state index is 0.323. The van der Waals surface area contributed by atoms with Crippen LogP contribution in [-0.4, -0.2) is 14.0 Å². The van der Waals surface area contributed by atoms with E-state index in [2.05, 4.69) is 75.7 Å². The highest BCUT2D eigenvalue weighted by Crippen LogP contribution is 2.31. The standard InChI is InChI=1S/C19H15N3/c1-2-8-14(9-3-1)21-17-12-6-7-13-18(17)22-16-11-5-4-10-15(16)20-19(21)22/h1-8,10-14H,9H2. The maximum atomic E-state index is 4.90. The van der Waals surface area contributed by atoms with Gasteiger partial charge in [-0.3, -0.25) is 4.40 Å². The first kappa shape index (κ1) is 11.8. The molecule has 5 rings (SSSR count). The summed E-state index contributed by atoms with van der Waals surface area (Å²) in [6, 6.07) is 17.2. The van der Waals surface area contributed by atoms with E-state index in [1.54, 1.807) is 0 Å². The molecular weight excluding hydrogens is 270 g/mol. The molecule has 1 aliphatic rings. The fourth-order valence-corrected chi connectivity index (χ4v) is 3.46. The van der Waals surface area contributed by atoms with E-state index in [1.807, 2.05) is 6.07 Å². The van der Waals surface area contributed by atoms with E-state index < -0.39 is 0 Å². The zero-order chi connectivity index (χ0) is 14.5. The lowest BCUT2D eigenvalue weighted by atomic mass is 10.1. The lowest BCUT2D eigenvalue weighted by Gasteiger charge is -2.16. The van der Waals surface area contributed by atoms with Crippen LogP contribution in [0.4, 0.5) is 0 Å². The average molecular weight is 285 g/mol. The van der Waals surface area contributed by atoms with Crippen molar-refractivity contribution in [1.82, 2.24) is 14.0 Å². The molecule has 2 aromatic heterocycles. The summed E-state index contributed by atoms with van der Waals surface area (Å²) < 4.78 is 4.63. The van der Waals surface area contributed by atoms with Crippen LogP contribution in [0.1, 0.15) is 12.5 Å². The number of fused-ring (bicyclic) bond motifs is 5. The third-order valence-corrected chi connectivity index (χ3v) is 4.43. The molecule has 0 amide bonds. The summed E-state index contributed by atoms with van der Waals surface area (Å²) in [5.41, 5.74) is 4.67. The van der Waals surface area contributed by atoms with Crippen LogP contribution in [0.25, 0.3) is 27.8 Å². The Hall–Kier alpha value is -2.81. The zero-order valence-electron chi connectivity index (χ0n) is 12.1. The van der Waals surface area contributed by atoms with Gasteiger partial charge in [0.05, 0.1) is 28.1 Å². The maximum absolute atomic E-state index is 4.90. The molecule has 0 N–H and O–H groups in total. The molecule has 1 atom stereocenters. The second-order valence-electron chi connectivity index (χ2n) is 5.71. The summed E-state index contributed by atoms with van der Waals surface area (Å²) in [5.74, 6) is 1.02. The summed E-state index contributed by atoms with van der Waals surface area (Å²) in [5, 5.41) is 0. The molecule has 0 bridgehead atoms.